The van der Waals surface area contributed by atoms with Crippen molar-refractivity contribution >= 4 is 5.69 Å². The smallest absolute Gasteiger partial charge is 0.269 e. The lowest BCUT2D eigenvalue weighted by Crippen LogP contribution is -2.00. The molecule has 0 amide bonds. The first-order chi connectivity index (χ1) is 10.7. The fraction of sp³-hybridized carbons (Fsp3) is 0.0667. The summed E-state index contributed by atoms with van der Waals surface area (Å²) in [6.45, 7) is 0. The topological polar surface area (TPSA) is 83.1 Å². The molecule has 0 saturated heterocycles. The zero-order valence-corrected chi connectivity index (χ0v) is 11.7. The van der Waals surface area contributed by atoms with Crippen LogP contribution in [0.4, 0.5) is 5.69 Å². The summed E-state index contributed by atoms with van der Waals surface area (Å²) in [6, 6.07) is 13.7. The van der Waals surface area contributed by atoms with Gasteiger partial charge < -0.3 is 4.74 Å². The van der Waals surface area contributed by atoms with E-state index < -0.39 is 4.92 Å². The van der Waals surface area contributed by atoms with Gasteiger partial charge >= 0.3 is 0 Å². The van der Waals surface area contributed by atoms with Crippen LogP contribution in [0.2, 0.25) is 0 Å². The number of methoxy groups -OCH3 is 1. The van der Waals surface area contributed by atoms with Crippen molar-refractivity contribution in [2.24, 2.45) is 0 Å². The van der Waals surface area contributed by atoms with Gasteiger partial charge in [0.25, 0.3) is 5.69 Å². The van der Waals surface area contributed by atoms with Gasteiger partial charge in [-0.05, 0) is 24.3 Å². The molecule has 0 spiro atoms. The molecule has 0 N–H and O–H groups in total. The Hall–Kier alpha value is -3.22. The van der Waals surface area contributed by atoms with E-state index in [4.69, 9.17) is 4.74 Å². The van der Waals surface area contributed by atoms with Crippen LogP contribution in [0.5, 0.6) is 5.75 Å². The zero-order valence-electron chi connectivity index (χ0n) is 11.7. The summed E-state index contributed by atoms with van der Waals surface area (Å²) in [6.07, 6.45) is 1.64. The van der Waals surface area contributed by atoms with Gasteiger partial charge in [0.1, 0.15) is 5.75 Å². The van der Waals surface area contributed by atoms with Gasteiger partial charge in [-0.2, -0.15) is 0 Å². The standard InChI is InChI=1S/C15H12N4O3/c1-22-14-4-2-3-11(9-14)15-10-16-17-18(15)12-5-7-13(8-6-12)19(20)21/h2-10H,1H3. The van der Waals surface area contributed by atoms with Crippen molar-refractivity contribution in [1.29, 1.82) is 0 Å². The number of ether oxygens (including phenoxy) is 1. The minimum Gasteiger partial charge on any atom is -0.497 e. The van der Waals surface area contributed by atoms with Gasteiger partial charge in [0.15, 0.2) is 0 Å². The van der Waals surface area contributed by atoms with Crippen LogP contribution < -0.4 is 4.74 Å². The number of nitrogens with zero attached hydrogens (tertiary/aromatic N) is 4. The van der Waals surface area contributed by atoms with Gasteiger partial charge in [-0.15, -0.1) is 5.10 Å². The number of aromatic nitrogens is 3. The van der Waals surface area contributed by atoms with E-state index in [1.165, 1.54) is 12.1 Å². The van der Waals surface area contributed by atoms with E-state index in [-0.39, 0.29) is 5.69 Å². The molecule has 0 aliphatic carbocycles. The Labute approximate surface area is 125 Å². The highest BCUT2D eigenvalue weighted by atomic mass is 16.6. The predicted octanol–water partition coefficient (Wildman–Crippen LogP) is 2.85. The Morgan fingerprint density at radius 3 is 2.64 bits per heavy atom. The van der Waals surface area contributed by atoms with Crippen LogP contribution in [0.1, 0.15) is 0 Å². The third-order valence-electron chi connectivity index (χ3n) is 3.22. The molecule has 0 bridgehead atoms. The summed E-state index contributed by atoms with van der Waals surface area (Å²) in [7, 11) is 1.60. The number of nitro benzene ring substituents is 1. The molecule has 0 saturated carbocycles. The van der Waals surface area contributed by atoms with Crippen LogP contribution in [0.3, 0.4) is 0 Å². The van der Waals surface area contributed by atoms with E-state index in [1.54, 1.807) is 30.1 Å². The first-order valence-corrected chi connectivity index (χ1v) is 6.49. The van der Waals surface area contributed by atoms with Crippen LogP contribution >= 0.6 is 0 Å². The minimum atomic E-state index is -0.436. The van der Waals surface area contributed by atoms with Crippen molar-refractivity contribution in [2.45, 2.75) is 0 Å². The summed E-state index contributed by atoms with van der Waals surface area (Å²) in [5.74, 6) is 0.731. The first kappa shape index (κ1) is 13.7. The van der Waals surface area contributed by atoms with Gasteiger partial charge in [-0.3, -0.25) is 10.1 Å². The summed E-state index contributed by atoms with van der Waals surface area (Å²) in [5.41, 5.74) is 2.39. The molecule has 0 atom stereocenters. The Bertz CT molecular complexity index is 812. The highest BCUT2D eigenvalue weighted by Gasteiger charge is 2.11. The Morgan fingerprint density at radius 1 is 1.18 bits per heavy atom. The lowest BCUT2D eigenvalue weighted by atomic mass is 10.1. The average Bonchev–Trinajstić information content (AvgIpc) is 3.04. The van der Waals surface area contributed by atoms with E-state index in [0.717, 1.165) is 17.0 Å². The number of rotatable bonds is 4. The number of benzene rings is 2. The van der Waals surface area contributed by atoms with Crippen molar-refractivity contribution in [2.75, 3.05) is 7.11 Å². The lowest BCUT2D eigenvalue weighted by Gasteiger charge is -2.07. The van der Waals surface area contributed by atoms with Crippen molar-refractivity contribution in [1.82, 2.24) is 15.0 Å². The third kappa shape index (κ3) is 2.51. The molecule has 22 heavy (non-hydrogen) atoms. The first-order valence-electron chi connectivity index (χ1n) is 6.49. The normalized spacial score (nSPS) is 10.4. The van der Waals surface area contributed by atoms with Gasteiger partial charge in [-0.1, -0.05) is 17.3 Å². The molecule has 7 heteroatoms. The van der Waals surface area contributed by atoms with Crippen LogP contribution in [0.15, 0.2) is 54.7 Å². The molecule has 1 heterocycles. The molecule has 1 aromatic heterocycles. The molecule has 2 aromatic carbocycles. The molecule has 0 aliphatic rings. The van der Waals surface area contributed by atoms with E-state index in [0.29, 0.717) is 5.69 Å². The summed E-state index contributed by atoms with van der Waals surface area (Å²) < 4.78 is 6.84. The molecule has 0 radical (unpaired) electrons. The lowest BCUT2D eigenvalue weighted by molar-refractivity contribution is -0.384. The van der Waals surface area contributed by atoms with E-state index in [2.05, 4.69) is 10.3 Å². The minimum absolute atomic E-state index is 0.0341. The monoisotopic (exact) mass is 296 g/mol. The molecule has 7 nitrogen and oxygen atoms in total. The molecule has 110 valence electrons. The third-order valence-corrected chi connectivity index (χ3v) is 3.22. The van der Waals surface area contributed by atoms with Crippen LogP contribution in [-0.4, -0.2) is 27.0 Å². The van der Waals surface area contributed by atoms with E-state index in [1.807, 2.05) is 24.3 Å². The average molecular weight is 296 g/mol. The SMILES string of the molecule is COc1cccc(-c2cnnn2-c2ccc([N+](=O)[O-])cc2)c1. The largest absolute Gasteiger partial charge is 0.497 e. The molecule has 0 aliphatic heterocycles. The number of nitro groups is 1. The van der Waals surface area contributed by atoms with Crippen molar-refractivity contribution < 1.29 is 9.66 Å². The summed E-state index contributed by atoms with van der Waals surface area (Å²) in [5, 5.41) is 18.7. The fourth-order valence-corrected chi connectivity index (χ4v) is 2.12. The number of non-ortho nitro benzene ring substituents is 1. The van der Waals surface area contributed by atoms with Gasteiger partial charge in [0, 0.05) is 17.7 Å². The van der Waals surface area contributed by atoms with Crippen molar-refractivity contribution in [3.8, 4) is 22.7 Å². The van der Waals surface area contributed by atoms with Gasteiger partial charge in [0.2, 0.25) is 0 Å². The van der Waals surface area contributed by atoms with Crippen molar-refractivity contribution in [3.05, 3.63) is 64.8 Å². The van der Waals surface area contributed by atoms with Crippen LogP contribution in [0, 0.1) is 10.1 Å². The predicted molar refractivity (Wildman–Crippen MR) is 80.0 cm³/mol. The van der Waals surface area contributed by atoms with E-state index in [9.17, 15) is 10.1 Å². The second-order valence-electron chi connectivity index (χ2n) is 4.54. The molecule has 0 fully saturated rings. The highest BCUT2D eigenvalue weighted by Crippen LogP contribution is 2.25. The van der Waals surface area contributed by atoms with Crippen LogP contribution in [0.25, 0.3) is 16.9 Å². The van der Waals surface area contributed by atoms with Crippen LogP contribution in [-0.2, 0) is 0 Å². The maximum atomic E-state index is 10.7. The highest BCUT2D eigenvalue weighted by molar-refractivity contribution is 5.63. The number of hydrogen-bond acceptors (Lipinski definition) is 5. The Kier molecular flexibility index (Phi) is 3.53. The van der Waals surface area contributed by atoms with Gasteiger partial charge in [0.05, 0.1) is 29.6 Å². The Balaban J connectivity index is 2.03. The molecule has 3 rings (SSSR count). The second kappa shape index (κ2) is 5.65. The zero-order chi connectivity index (χ0) is 15.5. The molecule has 3 aromatic rings. The summed E-state index contributed by atoms with van der Waals surface area (Å²) in [4.78, 5) is 10.3. The Morgan fingerprint density at radius 2 is 1.95 bits per heavy atom. The van der Waals surface area contributed by atoms with Gasteiger partial charge in [-0.25, -0.2) is 4.68 Å². The van der Waals surface area contributed by atoms with E-state index >= 15 is 0 Å². The summed E-state index contributed by atoms with van der Waals surface area (Å²) >= 11 is 0. The molecular formula is C15H12N4O3. The number of hydrogen-bond donors (Lipinski definition) is 0. The maximum Gasteiger partial charge on any atom is 0.269 e. The van der Waals surface area contributed by atoms with Crippen molar-refractivity contribution in [3.63, 3.8) is 0 Å². The fourth-order valence-electron chi connectivity index (χ4n) is 2.12. The molecule has 0 unspecified atom stereocenters. The molecular weight excluding hydrogens is 284 g/mol. The quantitative estimate of drug-likeness (QED) is 0.546. The second-order valence-corrected chi connectivity index (χ2v) is 4.54. The maximum absolute atomic E-state index is 10.7.